The standard InChI is InChI=1S/C12H16ClN3O3/c13-9-2-1-3-15-12(9)19-5-4-14-11(18)10-6-8(17)7-16-10/h1-3,8,10,16-17H,4-7H2,(H,14,18). The van der Waals surface area contributed by atoms with Crippen molar-refractivity contribution in [2.24, 2.45) is 0 Å². The highest BCUT2D eigenvalue weighted by atomic mass is 35.5. The molecule has 0 saturated carbocycles. The van der Waals surface area contributed by atoms with Crippen LogP contribution in [-0.2, 0) is 4.79 Å². The molecule has 6 nitrogen and oxygen atoms in total. The number of hydrogen-bond acceptors (Lipinski definition) is 5. The average Bonchev–Trinajstić information content (AvgIpc) is 2.83. The van der Waals surface area contributed by atoms with Crippen LogP contribution in [0.4, 0.5) is 0 Å². The zero-order chi connectivity index (χ0) is 13.7. The smallest absolute Gasteiger partial charge is 0.237 e. The van der Waals surface area contributed by atoms with E-state index in [1.165, 1.54) is 0 Å². The maximum absolute atomic E-state index is 11.7. The summed E-state index contributed by atoms with van der Waals surface area (Å²) in [4.78, 5) is 15.7. The van der Waals surface area contributed by atoms with Gasteiger partial charge in [-0.05, 0) is 18.6 Å². The van der Waals surface area contributed by atoms with Gasteiger partial charge in [-0.25, -0.2) is 4.98 Å². The molecule has 1 aromatic heterocycles. The number of nitrogens with one attached hydrogen (secondary N) is 2. The van der Waals surface area contributed by atoms with Crippen LogP contribution in [0.25, 0.3) is 0 Å². The number of nitrogens with zero attached hydrogens (tertiary/aromatic N) is 1. The number of rotatable bonds is 5. The van der Waals surface area contributed by atoms with E-state index in [1.807, 2.05) is 0 Å². The quantitative estimate of drug-likeness (QED) is 0.661. The highest BCUT2D eigenvalue weighted by Gasteiger charge is 2.27. The van der Waals surface area contributed by atoms with Crippen molar-refractivity contribution in [2.75, 3.05) is 19.7 Å². The molecule has 0 aromatic carbocycles. The largest absolute Gasteiger partial charge is 0.475 e. The van der Waals surface area contributed by atoms with Crippen molar-refractivity contribution in [3.05, 3.63) is 23.4 Å². The molecule has 1 aliphatic heterocycles. The van der Waals surface area contributed by atoms with E-state index in [2.05, 4.69) is 15.6 Å². The molecule has 1 saturated heterocycles. The monoisotopic (exact) mass is 285 g/mol. The summed E-state index contributed by atoms with van der Waals surface area (Å²) < 4.78 is 5.34. The summed E-state index contributed by atoms with van der Waals surface area (Å²) in [5.41, 5.74) is 0. The number of aliphatic hydroxyl groups is 1. The van der Waals surface area contributed by atoms with Gasteiger partial charge < -0.3 is 20.5 Å². The van der Waals surface area contributed by atoms with Gasteiger partial charge in [0.1, 0.15) is 11.6 Å². The Labute approximate surface area is 116 Å². The molecule has 2 rings (SSSR count). The van der Waals surface area contributed by atoms with Crippen LogP contribution in [0.3, 0.4) is 0 Å². The van der Waals surface area contributed by atoms with Crippen LogP contribution in [0.15, 0.2) is 18.3 Å². The summed E-state index contributed by atoms with van der Waals surface area (Å²) >= 11 is 5.87. The first-order valence-corrected chi connectivity index (χ1v) is 6.47. The van der Waals surface area contributed by atoms with Crippen molar-refractivity contribution in [3.8, 4) is 5.88 Å². The van der Waals surface area contributed by atoms with Gasteiger partial charge in [-0.15, -0.1) is 0 Å². The number of hydrogen-bond donors (Lipinski definition) is 3. The molecule has 1 amide bonds. The molecule has 0 radical (unpaired) electrons. The fraction of sp³-hybridized carbons (Fsp3) is 0.500. The number of carbonyl (C=O) groups excluding carboxylic acids is 1. The molecule has 2 heterocycles. The van der Waals surface area contributed by atoms with E-state index < -0.39 is 6.10 Å². The van der Waals surface area contributed by atoms with Gasteiger partial charge in [0.2, 0.25) is 11.8 Å². The molecule has 1 fully saturated rings. The molecule has 2 atom stereocenters. The molecule has 7 heteroatoms. The number of carbonyl (C=O) groups is 1. The van der Waals surface area contributed by atoms with Crippen molar-refractivity contribution >= 4 is 17.5 Å². The van der Waals surface area contributed by atoms with Crippen LogP contribution < -0.4 is 15.4 Å². The van der Waals surface area contributed by atoms with Crippen LogP contribution in [0.2, 0.25) is 5.02 Å². The van der Waals surface area contributed by atoms with Crippen LogP contribution in [-0.4, -0.2) is 47.8 Å². The SMILES string of the molecule is O=C(NCCOc1ncccc1Cl)C1CC(O)CN1. The van der Waals surface area contributed by atoms with Crippen LogP contribution in [0, 0.1) is 0 Å². The van der Waals surface area contributed by atoms with Gasteiger partial charge in [-0.2, -0.15) is 0 Å². The first kappa shape index (κ1) is 14.0. The molecule has 0 bridgehead atoms. The Morgan fingerprint density at radius 3 is 3.21 bits per heavy atom. The van der Waals surface area contributed by atoms with Crippen molar-refractivity contribution in [1.29, 1.82) is 0 Å². The number of halogens is 1. The molecule has 1 aromatic rings. The molecular weight excluding hydrogens is 270 g/mol. The Balaban J connectivity index is 1.67. The maximum atomic E-state index is 11.7. The van der Waals surface area contributed by atoms with Crippen LogP contribution >= 0.6 is 11.6 Å². The van der Waals surface area contributed by atoms with E-state index >= 15 is 0 Å². The topological polar surface area (TPSA) is 83.5 Å². The van der Waals surface area contributed by atoms with E-state index in [-0.39, 0.29) is 18.6 Å². The second-order valence-electron chi connectivity index (χ2n) is 4.28. The molecule has 2 unspecified atom stereocenters. The molecule has 3 N–H and O–H groups in total. The lowest BCUT2D eigenvalue weighted by Gasteiger charge is -2.11. The molecular formula is C12H16ClN3O3. The van der Waals surface area contributed by atoms with E-state index in [1.54, 1.807) is 18.3 Å². The first-order valence-electron chi connectivity index (χ1n) is 6.09. The number of pyridine rings is 1. The summed E-state index contributed by atoms with van der Waals surface area (Å²) in [6, 6.07) is 3.08. The molecule has 19 heavy (non-hydrogen) atoms. The third-order valence-corrected chi connectivity index (χ3v) is 3.08. The minimum Gasteiger partial charge on any atom is -0.475 e. The summed E-state index contributed by atoms with van der Waals surface area (Å²) in [5.74, 6) is 0.222. The normalized spacial score (nSPS) is 22.2. The lowest BCUT2D eigenvalue weighted by atomic mass is 10.2. The fourth-order valence-electron chi connectivity index (χ4n) is 1.84. The Bertz CT molecular complexity index is 444. The summed E-state index contributed by atoms with van der Waals surface area (Å²) in [5, 5.41) is 15.4. The minimum absolute atomic E-state index is 0.132. The van der Waals surface area contributed by atoms with Crippen LogP contribution in [0.1, 0.15) is 6.42 Å². The Kier molecular flexibility index (Phi) is 4.95. The fourth-order valence-corrected chi connectivity index (χ4v) is 2.02. The maximum Gasteiger partial charge on any atom is 0.237 e. The van der Waals surface area contributed by atoms with Gasteiger partial charge >= 0.3 is 0 Å². The van der Waals surface area contributed by atoms with Gasteiger partial charge in [0.15, 0.2) is 0 Å². The van der Waals surface area contributed by atoms with Gasteiger partial charge in [0.05, 0.1) is 18.7 Å². The number of β-amino-alcohol motifs (C(OH)–C–C–N with tert-alkyl or cyclic N) is 1. The van der Waals surface area contributed by atoms with E-state index in [4.69, 9.17) is 16.3 Å². The number of amides is 1. The third-order valence-electron chi connectivity index (χ3n) is 2.79. The number of aliphatic hydroxyl groups excluding tert-OH is 1. The van der Waals surface area contributed by atoms with Crippen molar-refractivity contribution in [1.82, 2.24) is 15.6 Å². The zero-order valence-corrected chi connectivity index (χ0v) is 11.1. The third kappa shape index (κ3) is 4.05. The van der Waals surface area contributed by atoms with E-state index in [0.717, 1.165) is 0 Å². The molecule has 0 spiro atoms. The first-order chi connectivity index (χ1) is 9.16. The minimum atomic E-state index is -0.445. The lowest BCUT2D eigenvalue weighted by Crippen LogP contribution is -2.41. The summed E-state index contributed by atoms with van der Waals surface area (Å²) in [7, 11) is 0. The highest BCUT2D eigenvalue weighted by molar-refractivity contribution is 6.31. The van der Waals surface area contributed by atoms with E-state index in [9.17, 15) is 9.90 Å². The Morgan fingerprint density at radius 2 is 2.53 bits per heavy atom. The van der Waals surface area contributed by atoms with Gasteiger partial charge in [0.25, 0.3) is 0 Å². The average molecular weight is 286 g/mol. The second kappa shape index (κ2) is 6.70. The predicted molar refractivity (Wildman–Crippen MR) is 70.2 cm³/mol. The number of ether oxygens (including phenoxy) is 1. The van der Waals surface area contributed by atoms with Gasteiger partial charge in [-0.1, -0.05) is 11.6 Å². The molecule has 1 aliphatic rings. The Hall–Kier alpha value is -1.37. The number of aromatic nitrogens is 1. The van der Waals surface area contributed by atoms with Crippen LogP contribution in [0.5, 0.6) is 5.88 Å². The van der Waals surface area contributed by atoms with E-state index in [0.29, 0.717) is 30.4 Å². The molecule has 104 valence electrons. The Morgan fingerprint density at radius 1 is 1.68 bits per heavy atom. The summed E-state index contributed by atoms with van der Waals surface area (Å²) in [6.07, 6.45) is 1.59. The van der Waals surface area contributed by atoms with Gasteiger partial charge in [-0.3, -0.25) is 4.79 Å². The molecule has 0 aliphatic carbocycles. The van der Waals surface area contributed by atoms with Crippen molar-refractivity contribution in [2.45, 2.75) is 18.6 Å². The second-order valence-corrected chi connectivity index (χ2v) is 4.69. The summed E-state index contributed by atoms with van der Waals surface area (Å²) in [6.45, 7) is 1.11. The zero-order valence-electron chi connectivity index (χ0n) is 10.3. The van der Waals surface area contributed by atoms with Crippen molar-refractivity contribution in [3.63, 3.8) is 0 Å². The predicted octanol–water partition coefficient (Wildman–Crippen LogP) is -0.0472. The van der Waals surface area contributed by atoms with Gasteiger partial charge in [0, 0.05) is 12.7 Å². The lowest BCUT2D eigenvalue weighted by molar-refractivity contribution is -0.123. The van der Waals surface area contributed by atoms with Crippen molar-refractivity contribution < 1.29 is 14.6 Å². The highest BCUT2D eigenvalue weighted by Crippen LogP contribution is 2.19.